The van der Waals surface area contributed by atoms with Gasteiger partial charge in [-0.05, 0) is 13.0 Å². The summed E-state index contributed by atoms with van der Waals surface area (Å²) >= 11 is 0. The van der Waals surface area contributed by atoms with Gasteiger partial charge in [0.25, 0.3) is 0 Å². The van der Waals surface area contributed by atoms with Gasteiger partial charge < -0.3 is 10.0 Å². The molecule has 2 aromatic heterocycles. The molecule has 5 nitrogen and oxygen atoms in total. The van der Waals surface area contributed by atoms with Crippen molar-refractivity contribution in [2.75, 3.05) is 0 Å². The van der Waals surface area contributed by atoms with E-state index >= 15 is 0 Å². The number of hydrogen-bond acceptors (Lipinski definition) is 4. The summed E-state index contributed by atoms with van der Waals surface area (Å²) in [4.78, 5) is 4.13. The van der Waals surface area contributed by atoms with Crippen molar-refractivity contribution in [2.24, 2.45) is 0 Å². The molecule has 0 amide bonds. The molecule has 0 radical (unpaired) electrons. The van der Waals surface area contributed by atoms with Crippen molar-refractivity contribution in [3.8, 4) is 0 Å². The maximum atomic E-state index is 8.87. The normalized spacial score (nSPS) is 10.7. The van der Waals surface area contributed by atoms with E-state index in [2.05, 4.69) is 10.1 Å². The van der Waals surface area contributed by atoms with E-state index in [1.165, 1.54) is 6.20 Å². The lowest BCUT2D eigenvalue weighted by Gasteiger charge is -1.97. The third-order valence-corrected chi connectivity index (χ3v) is 1.76. The van der Waals surface area contributed by atoms with Gasteiger partial charge in [0.15, 0.2) is 5.65 Å². The van der Waals surface area contributed by atoms with Crippen LogP contribution >= 0.6 is 0 Å². The molecule has 66 valence electrons. The first-order chi connectivity index (χ1) is 6.16. The fourth-order valence-electron chi connectivity index (χ4n) is 1.15. The summed E-state index contributed by atoms with van der Waals surface area (Å²) in [6.07, 6.45) is 3.17. The SMILES string of the molecule is Cc1cn2ncc(B(O)O)cc2n1. The molecule has 0 spiro atoms. The monoisotopic (exact) mass is 177 g/mol. The number of aryl methyl sites for hydroxylation is 1. The Morgan fingerprint density at radius 3 is 2.92 bits per heavy atom. The van der Waals surface area contributed by atoms with Gasteiger partial charge in [0.2, 0.25) is 0 Å². The Hall–Kier alpha value is -1.40. The zero-order chi connectivity index (χ0) is 9.42. The number of rotatable bonds is 1. The minimum absolute atomic E-state index is 0.345. The molecule has 0 bridgehead atoms. The van der Waals surface area contributed by atoms with Gasteiger partial charge in [0.1, 0.15) is 0 Å². The lowest BCUT2D eigenvalue weighted by Crippen LogP contribution is -2.30. The van der Waals surface area contributed by atoms with Crippen LogP contribution in [0.5, 0.6) is 0 Å². The Labute approximate surface area is 74.8 Å². The minimum atomic E-state index is -1.49. The molecule has 2 rings (SSSR count). The third kappa shape index (κ3) is 1.41. The second-order valence-electron chi connectivity index (χ2n) is 2.85. The summed E-state index contributed by atoms with van der Waals surface area (Å²) in [7, 11) is -1.49. The summed E-state index contributed by atoms with van der Waals surface area (Å²) in [5.74, 6) is 0. The maximum Gasteiger partial charge on any atom is 0.490 e. The predicted molar refractivity (Wildman–Crippen MR) is 47.5 cm³/mol. The molecule has 2 N–H and O–H groups in total. The highest BCUT2D eigenvalue weighted by molar-refractivity contribution is 6.58. The van der Waals surface area contributed by atoms with Crippen molar-refractivity contribution in [1.82, 2.24) is 14.6 Å². The number of imidazole rings is 1. The van der Waals surface area contributed by atoms with Gasteiger partial charge >= 0.3 is 7.12 Å². The molecular weight excluding hydrogens is 169 g/mol. The number of aromatic nitrogens is 3. The zero-order valence-electron chi connectivity index (χ0n) is 7.05. The molecule has 2 aromatic rings. The summed E-state index contributed by atoms with van der Waals surface area (Å²) in [5, 5.41) is 21.7. The average molecular weight is 177 g/mol. The van der Waals surface area contributed by atoms with E-state index in [1.54, 1.807) is 16.8 Å². The van der Waals surface area contributed by atoms with Gasteiger partial charge in [0, 0.05) is 11.7 Å². The Morgan fingerprint density at radius 2 is 2.23 bits per heavy atom. The number of hydrogen-bond donors (Lipinski definition) is 2. The van der Waals surface area contributed by atoms with Gasteiger partial charge in [0.05, 0.1) is 11.9 Å². The molecule has 0 atom stereocenters. The average Bonchev–Trinajstić information content (AvgIpc) is 2.42. The van der Waals surface area contributed by atoms with Crippen molar-refractivity contribution >= 4 is 18.2 Å². The van der Waals surface area contributed by atoms with Gasteiger partial charge in [-0.15, -0.1) is 0 Å². The highest BCUT2D eigenvalue weighted by Crippen LogP contribution is 1.99. The van der Waals surface area contributed by atoms with Crippen molar-refractivity contribution in [3.05, 3.63) is 24.2 Å². The lowest BCUT2D eigenvalue weighted by atomic mass is 9.82. The van der Waals surface area contributed by atoms with Gasteiger partial charge in [-0.25, -0.2) is 9.50 Å². The van der Waals surface area contributed by atoms with Crippen molar-refractivity contribution in [3.63, 3.8) is 0 Å². The van der Waals surface area contributed by atoms with Crippen LogP contribution in [0.1, 0.15) is 5.69 Å². The van der Waals surface area contributed by atoms with Gasteiger partial charge in [-0.3, -0.25) is 0 Å². The Kier molecular flexibility index (Phi) is 1.79. The summed E-state index contributed by atoms with van der Waals surface area (Å²) in [6, 6.07) is 1.59. The molecule has 0 aromatic carbocycles. The van der Waals surface area contributed by atoms with Crippen LogP contribution in [0, 0.1) is 6.92 Å². The molecule has 0 fully saturated rings. The fourth-order valence-corrected chi connectivity index (χ4v) is 1.15. The molecule has 2 heterocycles. The number of fused-ring (bicyclic) bond motifs is 1. The van der Waals surface area contributed by atoms with Crippen molar-refractivity contribution < 1.29 is 10.0 Å². The summed E-state index contributed by atoms with van der Waals surface area (Å²) in [5.41, 5.74) is 1.80. The first kappa shape index (κ1) is 8.21. The lowest BCUT2D eigenvalue weighted by molar-refractivity contribution is 0.425. The van der Waals surface area contributed by atoms with Crippen LogP contribution < -0.4 is 5.46 Å². The minimum Gasteiger partial charge on any atom is -0.423 e. The predicted octanol–water partition coefficient (Wildman–Crippen LogP) is -1.28. The molecule has 0 aliphatic heterocycles. The highest BCUT2D eigenvalue weighted by atomic mass is 16.4. The molecule has 0 aliphatic carbocycles. The summed E-state index contributed by atoms with van der Waals surface area (Å²) in [6.45, 7) is 1.85. The smallest absolute Gasteiger partial charge is 0.423 e. The molecule has 0 saturated heterocycles. The molecule has 6 heteroatoms. The third-order valence-electron chi connectivity index (χ3n) is 1.76. The molecule has 0 unspecified atom stereocenters. The standard InChI is InChI=1S/C7H8BN3O2/c1-5-4-11-7(10-5)2-6(3-9-11)8(12)13/h2-4,12-13H,1H3. The molecule has 0 aliphatic rings. The van der Waals surface area contributed by atoms with E-state index < -0.39 is 7.12 Å². The van der Waals surface area contributed by atoms with Crippen LogP contribution in [-0.2, 0) is 0 Å². The van der Waals surface area contributed by atoms with E-state index in [4.69, 9.17) is 10.0 Å². The van der Waals surface area contributed by atoms with Gasteiger partial charge in [-0.1, -0.05) is 0 Å². The van der Waals surface area contributed by atoms with Crippen LogP contribution in [0.3, 0.4) is 0 Å². The Balaban J connectivity index is 2.61. The quantitative estimate of drug-likeness (QED) is 0.532. The largest absolute Gasteiger partial charge is 0.490 e. The van der Waals surface area contributed by atoms with Crippen molar-refractivity contribution in [1.29, 1.82) is 0 Å². The second-order valence-corrected chi connectivity index (χ2v) is 2.85. The fraction of sp³-hybridized carbons (Fsp3) is 0.143. The van der Waals surface area contributed by atoms with E-state index in [-0.39, 0.29) is 0 Å². The highest BCUT2D eigenvalue weighted by Gasteiger charge is 2.12. The van der Waals surface area contributed by atoms with Crippen LogP contribution in [0.15, 0.2) is 18.5 Å². The van der Waals surface area contributed by atoms with Crippen LogP contribution in [0.2, 0.25) is 0 Å². The zero-order valence-corrected chi connectivity index (χ0v) is 7.05. The van der Waals surface area contributed by atoms with E-state index in [0.717, 1.165) is 5.69 Å². The second kappa shape index (κ2) is 2.83. The summed E-state index contributed by atoms with van der Waals surface area (Å²) < 4.78 is 1.58. The first-order valence-corrected chi connectivity index (χ1v) is 3.85. The maximum absolute atomic E-state index is 8.87. The Morgan fingerprint density at radius 1 is 1.46 bits per heavy atom. The van der Waals surface area contributed by atoms with Crippen LogP contribution in [0.25, 0.3) is 5.65 Å². The topological polar surface area (TPSA) is 70.7 Å². The van der Waals surface area contributed by atoms with E-state index in [1.807, 2.05) is 6.92 Å². The van der Waals surface area contributed by atoms with Crippen LogP contribution in [-0.4, -0.2) is 31.8 Å². The Bertz CT molecular complexity index is 440. The van der Waals surface area contributed by atoms with Crippen molar-refractivity contribution in [2.45, 2.75) is 6.92 Å². The molecule has 13 heavy (non-hydrogen) atoms. The molecule has 0 saturated carbocycles. The molecular formula is C7H8BN3O2. The van der Waals surface area contributed by atoms with E-state index in [0.29, 0.717) is 11.1 Å². The van der Waals surface area contributed by atoms with E-state index in [9.17, 15) is 0 Å². The van der Waals surface area contributed by atoms with Crippen LogP contribution in [0.4, 0.5) is 0 Å². The first-order valence-electron chi connectivity index (χ1n) is 3.85. The van der Waals surface area contributed by atoms with Gasteiger partial charge in [-0.2, -0.15) is 5.10 Å². The number of nitrogens with zero attached hydrogens (tertiary/aromatic N) is 3.